The zero-order chi connectivity index (χ0) is 20.8. The number of furan rings is 1. The largest absolute Gasteiger partial charge is 0.459 e. The van der Waals surface area contributed by atoms with Crippen LogP contribution in [0.4, 0.5) is 5.69 Å². The maximum atomic E-state index is 13.0. The third kappa shape index (κ3) is 3.99. The van der Waals surface area contributed by atoms with Crippen molar-refractivity contribution in [3.8, 4) is 0 Å². The van der Waals surface area contributed by atoms with E-state index >= 15 is 0 Å². The van der Waals surface area contributed by atoms with Gasteiger partial charge in [-0.05, 0) is 42.0 Å². The van der Waals surface area contributed by atoms with Crippen LogP contribution in [0.5, 0.6) is 0 Å². The molecule has 2 aliphatic rings. The number of anilines is 1. The number of aromatic nitrogens is 1. The number of nitrogens with one attached hydrogen (secondary N) is 1. The number of amides is 2. The Morgan fingerprint density at radius 1 is 1.17 bits per heavy atom. The van der Waals surface area contributed by atoms with Crippen LogP contribution in [0.15, 0.2) is 39.7 Å². The van der Waals surface area contributed by atoms with Crippen LogP contribution in [0.25, 0.3) is 0 Å². The fourth-order valence-corrected chi connectivity index (χ4v) is 4.40. The molecular weight excluding hydrogens is 370 g/mol. The Balaban J connectivity index is 1.55. The molecule has 4 rings (SSSR count). The van der Waals surface area contributed by atoms with Gasteiger partial charge in [-0.15, -0.1) is 0 Å². The molecule has 0 spiro atoms. The monoisotopic (exact) mass is 397 g/mol. The third-order valence-corrected chi connectivity index (χ3v) is 5.63. The standard InChI is InChI=1S/C22H27N3O4/c1-22(2,3)10-19(26)24-11-14-9-15(13-24)17-7-6-16(21(28)25(17)12-14)23-20(27)18-5-4-8-29-18/h4-8,14-15H,9-13H2,1-3H3,(H,23,27). The second kappa shape index (κ2) is 7.21. The second-order valence-electron chi connectivity index (χ2n) is 9.35. The van der Waals surface area contributed by atoms with E-state index in [4.69, 9.17) is 4.42 Å². The Labute approximate surface area is 169 Å². The zero-order valence-corrected chi connectivity index (χ0v) is 17.1. The van der Waals surface area contributed by atoms with E-state index in [0.29, 0.717) is 26.1 Å². The molecule has 7 nitrogen and oxygen atoms in total. The smallest absolute Gasteiger partial charge is 0.291 e. The number of fused-ring (bicyclic) bond motifs is 4. The maximum absolute atomic E-state index is 13.0. The number of hydrogen-bond donors (Lipinski definition) is 1. The summed E-state index contributed by atoms with van der Waals surface area (Å²) in [6.45, 7) is 8.10. The lowest BCUT2D eigenvalue weighted by atomic mass is 9.82. The molecule has 2 aromatic rings. The summed E-state index contributed by atoms with van der Waals surface area (Å²) < 4.78 is 6.86. The topological polar surface area (TPSA) is 84.6 Å². The van der Waals surface area contributed by atoms with Crippen LogP contribution >= 0.6 is 0 Å². The van der Waals surface area contributed by atoms with Gasteiger partial charge in [0.2, 0.25) is 5.91 Å². The van der Waals surface area contributed by atoms with Gasteiger partial charge in [-0.25, -0.2) is 0 Å². The lowest BCUT2D eigenvalue weighted by Crippen LogP contribution is -2.49. The number of likely N-dealkylation sites (tertiary alicyclic amines) is 1. The fraction of sp³-hybridized carbons (Fsp3) is 0.500. The number of nitrogens with zero attached hydrogens (tertiary/aromatic N) is 2. The number of rotatable bonds is 3. The molecule has 2 aromatic heterocycles. The minimum atomic E-state index is -0.442. The van der Waals surface area contributed by atoms with Crippen LogP contribution < -0.4 is 10.9 Å². The molecule has 2 atom stereocenters. The van der Waals surface area contributed by atoms with Crippen LogP contribution in [-0.4, -0.2) is 34.4 Å². The van der Waals surface area contributed by atoms with Crippen LogP contribution in [0.3, 0.4) is 0 Å². The van der Waals surface area contributed by atoms with Crippen LogP contribution in [0, 0.1) is 11.3 Å². The third-order valence-electron chi connectivity index (χ3n) is 5.63. The molecule has 4 heterocycles. The predicted molar refractivity (Wildman–Crippen MR) is 109 cm³/mol. The van der Waals surface area contributed by atoms with E-state index in [1.54, 1.807) is 22.8 Å². The summed E-state index contributed by atoms with van der Waals surface area (Å²) in [7, 11) is 0. The van der Waals surface area contributed by atoms with Gasteiger partial charge in [0.15, 0.2) is 5.76 Å². The van der Waals surface area contributed by atoms with Gasteiger partial charge in [0.05, 0.1) is 6.26 Å². The first-order valence-corrected chi connectivity index (χ1v) is 10.1. The highest BCUT2D eigenvalue weighted by molar-refractivity contribution is 6.02. The average molecular weight is 397 g/mol. The Morgan fingerprint density at radius 2 is 1.97 bits per heavy atom. The van der Waals surface area contributed by atoms with Gasteiger partial charge in [-0.2, -0.15) is 0 Å². The van der Waals surface area contributed by atoms with Crippen LogP contribution in [0.1, 0.15) is 55.8 Å². The number of hydrogen-bond acceptors (Lipinski definition) is 4. The first-order valence-electron chi connectivity index (χ1n) is 10.1. The highest BCUT2D eigenvalue weighted by Crippen LogP contribution is 2.36. The first-order chi connectivity index (χ1) is 13.7. The van der Waals surface area contributed by atoms with E-state index in [2.05, 4.69) is 26.1 Å². The van der Waals surface area contributed by atoms with Crippen molar-refractivity contribution >= 4 is 17.5 Å². The summed E-state index contributed by atoms with van der Waals surface area (Å²) in [5.41, 5.74) is 0.942. The van der Waals surface area contributed by atoms with E-state index in [1.165, 1.54) is 6.26 Å². The van der Waals surface area contributed by atoms with Gasteiger partial charge >= 0.3 is 0 Å². The minimum Gasteiger partial charge on any atom is -0.459 e. The number of carbonyl (C=O) groups is 2. The van der Waals surface area contributed by atoms with Crippen molar-refractivity contribution in [3.63, 3.8) is 0 Å². The number of pyridine rings is 1. The summed E-state index contributed by atoms with van der Waals surface area (Å²) in [4.78, 5) is 39.9. The Bertz CT molecular complexity index is 984. The molecule has 0 saturated carbocycles. The van der Waals surface area contributed by atoms with E-state index in [-0.39, 0.29) is 40.2 Å². The van der Waals surface area contributed by atoms with E-state index < -0.39 is 5.91 Å². The van der Waals surface area contributed by atoms with Crippen LogP contribution in [-0.2, 0) is 11.3 Å². The average Bonchev–Trinajstić information content (AvgIpc) is 3.18. The van der Waals surface area contributed by atoms with Crippen molar-refractivity contribution < 1.29 is 14.0 Å². The van der Waals surface area contributed by atoms with Gasteiger partial charge in [0.25, 0.3) is 11.5 Å². The summed E-state index contributed by atoms with van der Waals surface area (Å²) in [6, 6.07) is 6.74. The Kier molecular flexibility index (Phi) is 4.84. The lowest BCUT2D eigenvalue weighted by Gasteiger charge is -2.43. The lowest BCUT2D eigenvalue weighted by molar-refractivity contribution is -0.135. The van der Waals surface area contributed by atoms with Crippen molar-refractivity contribution in [2.24, 2.45) is 11.3 Å². The van der Waals surface area contributed by atoms with Gasteiger partial charge in [-0.3, -0.25) is 14.4 Å². The second-order valence-corrected chi connectivity index (χ2v) is 9.35. The van der Waals surface area contributed by atoms with Gasteiger partial charge in [-0.1, -0.05) is 20.8 Å². The number of carbonyl (C=O) groups excluding carboxylic acids is 2. The van der Waals surface area contributed by atoms with Gasteiger partial charge in [0.1, 0.15) is 5.69 Å². The molecule has 1 saturated heterocycles. The van der Waals surface area contributed by atoms with Crippen LogP contribution in [0.2, 0.25) is 0 Å². The highest BCUT2D eigenvalue weighted by Gasteiger charge is 2.37. The SMILES string of the molecule is CC(C)(C)CC(=O)N1CC2CC(C1)c1ccc(NC(=O)c3ccco3)c(=O)n1C2. The summed E-state index contributed by atoms with van der Waals surface area (Å²) in [6.07, 6.45) is 2.93. The fourth-order valence-electron chi connectivity index (χ4n) is 4.40. The summed E-state index contributed by atoms with van der Waals surface area (Å²) in [5, 5.41) is 2.65. The predicted octanol–water partition coefficient (Wildman–Crippen LogP) is 3.08. The van der Waals surface area contributed by atoms with Gasteiger partial charge < -0.3 is 19.2 Å². The summed E-state index contributed by atoms with van der Waals surface area (Å²) in [5.74, 6) is 0.303. The molecule has 2 unspecified atom stereocenters. The Morgan fingerprint density at radius 3 is 2.66 bits per heavy atom. The molecule has 2 bridgehead atoms. The first kappa shape index (κ1) is 19.5. The normalized spacial score (nSPS) is 20.9. The molecule has 29 heavy (non-hydrogen) atoms. The minimum absolute atomic E-state index is 0.0421. The van der Waals surface area contributed by atoms with Gasteiger partial charge in [0, 0.05) is 37.7 Å². The van der Waals surface area contributed by atoms with Crippen molar-refractivity contribution in [2.75, 3.05) is 18.4 Å². The van der Waals surface area contributed by atoms with Crippen molar-refractivity contribution in [3.05, 3.63) is 52.3 Å². The zero-order valence-electron chi connectivity index (χ0n) is 17.1. The molecule has 2 amide bonds. The maximum Gasteiger partial charge on any atom is 0.291 e. The molecule has 2 aliphatic heterocycles. The van der Waals surface area contributed by atoms with Crippen molar-refractivity contribution in [1.29, 1.82) is 0 Å². The molecule has 0 aromatic carbocycles. The molecule has 0 radical (unpaired) electrons. The molecule has 1 fully saturated rings. The van der Waals surface area contributed by atoms with E-state index in [0.717, 1.165) is 12.1 Å². The molecule has 7 heteroatoms. The van der Waals surface area contributed by atoms with E-state index in [9.17, 15) is 14.4 Å². The number of piperidine rings is 1. The highest BCUT2D eigenvalue weighted by atomic mass is 16.3. The van der Waals surface area contributed by atoms with Crippen molar-refractivity contribution in [2.45, 2.75) is 46.1 Å². The quantitative estimate of drug-likeness (QED) is 0.863. The van der Waals surface area contributed by atoms with Crippen molar-refractivity contribution in [1.82, 2.24) is 9.47 Å². The molecule has 154 valence electrons. The Hall–Kier alpha value is -2.83. The van der Waals surface area contributed by atoms with E-state index in [1.807, 2.05) is 11.0 Å². The molecule has 1 N–H and O–H groups in total. The molecule has 0 aliphatic carbocycles. The molecular formula is C22H27N3O4. The summed E-state index contributed by atoms with van der Waals surface area (Å²) >= 11 is 0.